The molecule has 2 aromatic carbocycles. The fourth-order valence-corrected chi connectivity index (χ4v) is 4.89. The van der Waals surface area contributed by atoms with Crippen LogP contribution < -0.4 is 10.6 Å². The van der Waals surface area contributed by atoms with E-state index in [0.29, 0.717) is 50.0 Å². The predicted octanol–water partition coefficient (Wildman–Crippen LogP) is 1.79. The highest BCUT2D eigenvalue weighted by molar-refractivity contribution is 5.97. The molecule has 2 aliphatic rings. The Kier molecular flexibility index (Phi) is 8.22. The number of aliphatic hydroxyl groups is 1. The lowest BCUT2D eigenvalue weighted by atomic mass is 9.93. The van der Waals surface area contributed by atoms with Crippen LogP contribution in [0.5, 0.6) is 0 Å². The van der Waals surface area contributed by atoms with Crippen molar-refractivity contribution in [2.75, 3.05) is 33.8 Å². The Hall–Kier alpha value is -3.43. The van der Waals surface area contributed by atoms with Crippen molar-refractivity contribution in [1.82, 2.24) is 20.4 Å². The van der Waals surface area contributed by atoms with Crippen LogP contribution >= 0.6 is 0 Å². The minimum atomic E-state index is -0.720. The van der Waals surface area contributed by atoms with Crippen molar-refractivity contribution in [3.63, 3.8) is 0 Å². The SMILES string of the molecule is COC(=O)N1CCC(N(C)C(=O)c2ccc(C(=O)NCC(O)[C@@H]3Cc4ccccc4CN3)cc2)CC1. The fraction of sp³-hybridized carbons (Fsp3) is 0.444. The van der Waals surface area contributed by atoms with E-state index >= 15 is 0 Å². The Labute approximate surface area is 211 Å². The second kappa shape index (κ2) is 11.5. The Morgan fingerprint density at radius 1 is 1.08 bits per heavy atom. The summed E-state index contributed by atoms with van der Waals surface area (Å²) in [7, 11) is 3.13. The van der Waals surface area contributed by atoms with Crippen LogP contribution in [0.4, 0.5) is 4.79 Å². The summed E-state index contributed by atoms with van der Waals surface area (Å²) >= 11 is 0. The van der Waals surface area contributed by atoms with Crippen LogP contribution in [0.25, 0.3) is 0 Å². The summed E-state index contributed by atoms with van der Waals surface area (Å²) in [5.41, 5.74) is 3.37. The molecule has 192 valence electrons. The van der Waals surface area contributed by atoms with Crippen LogP contribution in [-0.2, 0) is 17.7 Å². The maximum absolute atomic E-state index is 13.0. The molecule has 2 atom stereocenters. The fourth-order valence-electron chi connectivity index (χ4n) is 4.89. The minimum Gasteiger partial charge on any atom is -0.453 e. The van der Waals surface area contributed by atoms with Gasteiger partial charge >= 0.3 is 6.09 Å². The number of nitrogens with one attached hydrogen (secondary N) is 2. The molecule has 3 N–H and O–H groups in total. The molecule has 9 nitrogen and oxygen atoms in total. The normalized spacial score (nSPS) is 18.6. The molecular weight excluding hydrogens is 460 g/mol. The smallest absolute Gasteiger partial charge is 0.409 e. The minimum absolute atomic E-state index is 0.0308. The van der Waals surface area contributed by atoms with Gasteiger partial charge in [-0.2, -0.15) is 0 Å². The third-order valence-corrected chi connectivity index (χ3v) is 7.21. The number of likely N-dealkylation sites (tertiary alicyclic amines) is 1. The number of amides is 3. The summed E-state index contributed by atoms with van der Waals surface area (Å²) in [6, 6.07) is 14.6. The first-order chi connectivity index (χ1) is 17.4. The third-order valence-electron chi connectivity index (χ3n) is 7.21. The number of carbonyl (C=O) groups is 3. The molecule has 0 aliphatic carbocycles. The number of hydrogen-bond donors (Lipinski definition) is 3. The molecule has 0 saturated carbocycles. The van der Waals surface area contributed by atoms with Gasteiger partial charge in [-0.15, -0.1) is 0 Å². The van der Waals surface area contributed by atoms with Gasteiger partial charge in [0.05, 0.1) is 13.2 Å². The van der Waals surface area contributed by atoms with Crippen LogP contribution in [0.3, 0.4) is 0 Å². The van der Waals surface area contributed by atoms with Gasteiger partial charge in [0.1, 0.15) is 0 Å². The molecule has 9 heteroatoms. The molecule has 0 bridgehead atoms. The summed E-state index contributed by atoms with van der Waals surface area (Å²) in [6.07, 6.45) is 1.01. The van der Waals surface area contributed by atoms with Gasteiger partial charge in [0.15, 0.2) is 0 Å². The van der Waals surface area contributed by atoms with Crippen molar-refractivity contribution in [2.24, 2.45) is 0 Å². The van der Waals surface area contributed by atoms with Crippen molar-refractivity contribution < 1.29 is 24.2 Å². The highest BCUT2D eigenvalue weighted by Gasteiger charge is 2.28. The molecule has 2 aliphatic heterocycles. The molecule has 4 rings (SSSR count). The molecule has 0 radical (unpaired) electrons. The zero-order valence-corrected chi connectivity index (χ0v) is 20.8. The van der Waals surface area contributed by atoms with Crippen LogP contribution in [0.15, 0.2) is 48.5 Å². The summed E-state index contributed by atoms with van der Waals surface area (Å²) in [5.74, 6) is -0.426. The van der Waals surface area contributed by atoms with E-state index in [2.05, 4.69) is 22.8 Å². The molecule has 1 unspecified atom stereocenters. The number of piperidine rings is 1. The van der Waals surface area contributed by atoms with Gasteiger partial charge in [-0.3, -0.25) is 9.59 Å². The summed E-state index contributed by atoms with van der Waals surface area (Å²) in [4.78, 5) is 40.6. The predicted molar refractivity (Wildman–Crippen MR) is 135 cm³/mol. The lowest BCUT2D eigenvalue weighted by molar-refractivity contribution is 0.0623. The summed E-state index contributed by atoms with van der Waals surface area (Å²) in [5, 5.41) is 16.7. The molecule has 36 heavy (non-hydrogen) atoms. The summed E-state index contributed by atoms with van der Waals surface area (Å²) in [6.45, 7) is 1.91. The van der Waals surface area contributed by atoms with Gasteiger partial charge < -0.3 is 30.3 Å². The van der Waals surface area contributed by atoms with Gasteiger partial charge in [0.2, 0.25) is 0 Å². The zero-order valence-electron chi connectivity index (χ0n) is 20.8. The Bertz CT molecular complexity index is 1080. The monoisotopic (exact) mass is 494 g/mol. The molecule has 3 amide bonds. The molecule has 1 saturated heterocycles. The Morgan fingerprint density at radius 3 is 2.39 bits per heavy atom. The number of ether oxygens (including phenoxy) is 1. The van der Waals surface area contributed by atoms with Crippen molar-refractivity contribution >= 4 is 17.9 Å². The van der Waals surface area contributed by atoms with E-state index in [1.165, 1.54) is 18.2 Å². The van der Waals surface area contributed by atoms with Crippen LogP contribution in [0, 0.1) is 0 Å². The Balaban J connectivity index is 1.26. The van der Waals surface area contributed by atoms with E-state index in [9.17, 15) is 19.5 Å². The standard InChI is InChI=1S/C27H34N4O5/c1-30(22-11-13-31(14-12-22)27(35)36-2)26(34)19-9-7-18(8-10-19)25(33)29-17-24(32)23-15-20-5-3-4-6-21(20)16-28-23/h3-10,22-24,28,32H,11-17H2,1-2H3,(H,29,33)/t23-,24?/m0/s1. The van der Waals surface area contributed by atoms with E-state index in [4.69, 9.17) is 4.74 Å². The molecule has 1 fully saturated rings. The maximum Gasteiger partial charge on any atom is 0.409 e. The molecule has 2 heterocycles. The number of fused-ring (bicyclic) bond motifs is 1. The van der Waals surface area contributed by atoms with E-state index < -0.39 is 6.10 Å². The third kappa shape index (κ3) is 5.85. The van der Waals surface area contributed by atoms with Gasteiger partial charge in [0, 0.05) is 56.4 Å². The maximum atomic E-state index is 13.0. The molecule has 0 spiro atoms. The largest absolute Gasteiger partial charge is 0.453 e. The number of rotatable bonds is 6. The Morgan fingerprint density at radius 2 is 1.72 bits per heavy atom. The van der Waals surface area contributed by atoms with Crippen molar-refractivity contribution in [1.29, 1.82) is 0 Å². The average molecular weight is 495 g/mol. The number of hydrogen-bond acceptors (Lipinski definition) is 6. The van der Waals surface area contributed by atoms with Gasteiger partial charge in [0.25, 0.3) is 11.8 Å². The topological polar surface area (TPSA) is 111 Å². The van der Waals surface area contributed by atoms with Crippen molar-refractivity contribution in [3.05, 3.63) is 70.8 Å². The second-order valence-corrected chi connectivity index (χ2v) is 9.42. The molecule has 2 aromatic rings. The van der Waals surface area contributed by atoms with Crippen molar-refractivity contribution in [3.8, 4) is 0 Å². The van der Waals surface area contributed by atoms with Crippen LogP contribution in [0.1, 0.15) is 44.7 Å². The van der Waals surface area contributed by atoms with Gasteiger partial charge in [-0.05, 0) is 54.7 Å². The lowest BCUT2D eigenvalue weighted by Gasteiger charge is -2.36. The number of aliphatic hydroxyl groups excluding tert-OH is 1. The number of nitrogens with zero attached hydrogens (tertiary/aromatic N) is 2. The van der Waals surface area contributed by atoms with E-state index in [1.807, 2.05) is 12.1 Å². The number of methoxy groups -OCH3 is 1. The highest BCUT2D eigenvalue weighted by Crippen LogP contribution is 2.19. The molecular formula is C27H34N4O5. The number of benzene rings is 2. The van der Waals surface area contributed by atoms with Crippen LogP contribution in [-0.4, -0.2) is 84.8 Å². The van der Waals surface area contributed by atoms with E-state index in [1.54, 1.807) is 41.1 Å². The van der Waals surface area contributed by atoms with Gasteiger partial charge in [-0.1, -0.05) is 24.3 Å². The molecule has 0 aromatic heterocycles. The zero-order chi connectivity index (χ0) is 25.7. The number of carbonyl (C=O) groups excluding carboxylic acids is 3. The van der Waals surface area contributed by atoms with E-state index in [-0.39, 0.29) is 36.5 Å². The quantitative estimate of drug-likeness (QED) is 0.565. The second-order valence-electron chi connectivity index (χ2n) is 9.42. The van der Waals surface area contributed by atoms with Gasteiger partial charge in [-0.25, -0.2) is 4.79 Å². The summed E-state index contributed by atoms with van der Waals surface area (Å²) < 4.78 is 4.76. The first-order valence-corrected chi connectivity index (χ1v) is 12.3. The van der Waals surface area contributed by atoms with Crippen molar-refractivity contribution in [2.45, 2.75) is 44.0 Å². The average Bonchev–Trinajstić information content (AvgIpc) is 2.94. The first-order valence-electron chi connectivity index (χ1n) is 12.3. The van der Waals surface area contributed by atoms with Crippen LogP contribution in [0.2, 0.25) is 0 Å². The highest BCUT2D eigenvalue weighted by atomic mass is 16.5. The van der Waals surface area contributed by atoms with E-state index in [0.717, 1.165) is 0 Å². The lowest BCUT2D eigenvalue weighted by Crippen LogP contribution is -2.49. The first kappa shape index (κ1) is 25.7.